The number of ether oxygens (including phenoxy) is 1. The number of likely N-dealkylation sites (tertiary alicyclic amines) is 1. The summed E-state index contributed by atoms with van der Waals surface area (Å²) in [6.07, 6.45) is 2.07. The standard InChI is InChI=1S/C21H29NO4S/c1-14(2)15-3-5-17(6-4-15)27-13-19(23)22-10-7-16(8-11-22)20-18(21(24)25)9-12-26-20/h3-6,14,16,18,20H,7-13H2,1-2H3,(H,24,25)/t18?,20-/m0/s1. The fraction of sp³-hybridized carbons (Fsp3) is 0.619. The number of amides is 1. The van der Waals surface area contributed by atoms with Crippen LogP contribution in [0, 0.1) is 11.8 Å². The van der Waals surface area contributed by atoms with Crippen molar-refractivity contribution in [1.29, 1.82) is 0 Å². The topological polar surface area (TPSA) is 66.8 Å². The highest BCUT2D eigenvalue weighted by atomic mass is 32.2. The molecule has 0 radical (unpaired) electrons. The molecule has 0 spiro atoms. The molecule has 2 aliphatic heterocycles. The first-order chi connectivity index (χ1) is 13.0. The molecule has 6 heteroatoms. The first kappa shape index (κ1) is 20.2. The van der Waals surface area contributed by atoms with Gasteiger partial charge in [-0.05, 0) is 48.8 Å². The number of carboxylic acids is 1. The van der Waals surface area contributed by atoms with Crippen LogP contribution in [0.25, 0.3) is 0 Å². The van der Waals surface area contributed by atoms with Gasteiger partial charge in [0.2, 0.25) is 5.91 Å². The Morgan fingerprint density at radius 2 is 1.85 bits per heavy atom. The maximum atomic E-state index is 12.5. The molecule has 2 saturated heterocycles. The van der Waals surface area contributed by atoms with Crippen molar-refractivity contribution in [3.63, 3.8) is 0 Å². The van der Waals surface area contributed by atoms with Crippen LogP contribution < -0.4 is 0 Å². The number of thioether (sulfide) groups is 1. The lowest BCUT2D eigenvalue weighted by atomic mass is 9.84. The van der Waals surface area contributed by atoms with E-state index >= 15 is 0 Å². The molecule has 0 aromatic heterocycles. The lowest BCUT2D eigenvalue weighted by Crippen LogP contribution is -2.43. The predicted octanol–water partition coefficient (Wildman–Crippen LogP) is 3.63. The van der Waals surface area contributed by atoms with Crippen molar-refractivity contribution in [2.75, 3.05) is 25.4 Å². The molecule has 2 fully saturated rings. The molecular weight excluding hydrogens is 362 g/mol. The molecule has 0 saturated carbocycles. The Balaban J connectivity index is 1.45. The van der Waals surface area contributed by atoms with Gasteiger partial charge in [-0.15, -0.1) is 11.8 Å². The number of aliphatic carboxylic acids is 1. The molecule has 2 aliphatic rings. The van der Waals surface area contributed by atoms with Gasteiger partial charge >= 0.3 is 5.97 Å². The molecule has 5 nitrogen and oxygen atoms in total. The zero-order chi connectivity index (χ0) is 19.4. The molecule has 0 bridgehead atoms. The second-order valence-corrected chi connectivity index (χ2v) is 8.85. The summed E-state index contributed by atoms with van der Waals surface area (Å²) >= 11 is 1.58. The van der Waals surface area contributed by atoms with Crippen LogP contribution in [0.1, 0.15) is 44.6 Å². The van der Waals surface area contributed by atoms with Crippen LogP contribution in [0.3, 0.4) is 0 Å². The Labute approximate surface area is 165 Å². The molecule has 1 N–H and O–H groups in total. The van der Waals surface area contributed by atoms with Crippen LogP contribution in [0.4, 0.5) is 0 Å². The molecule has 0 aliphatic carbocycles. The zero-order valence-corrected chi connectivity index (χ0v) is 16.9. The van der Waals surface area contributed by atoms with Crippen molar-refractivity contribution < 1.29 is 19.4 Å². The number of carboxylic acid groups (broad SMARTS) is 1. The third-order valence-electron chi connectivity index (χ3n) is 5.72. The van der Waals surface area contributed by atoms with E-state index in [9.17, 15) is 14.7 Å². The lowest BCUT2D eigenvalue weighted by molar-refractivity contribution is -0.145. The van der Waals surface area contributed by atoms with Crippen molar-refractivity contribution >= 4 is 23.6 Å². The van der Waals surface area contributed by atoms with E-state index in [0.29, 0.717) is 37.8 Å². The van der Waals surface area contributed by atoms with E-state index in [1.165, 1.54) is 5.56 Å². The molecule has 1 aromatic carbocycles. The summed E-state index contributed by atoms with van der Waals surface area (Å²) in [7, 11) is 0. The van der Waals surface area contributed by atoms with Crippen LogP contribution in [0.15, 0.2) is 29.2 Å². The molecule has 3 rings (SSSR count). The van der Waals surface area contributed by atoms with Gasteiger partial charge in [0, 0.05) is 24.6 Å². The van der Waals surface area contributed by atoms with Crippen molar-refractivity contribution in [3.8, 4) is 0 Å². The fourth-order valence-corrected chi connectivity index (χ4v) is 4.80. The minimum absolute atomic E-state index is 0.161. The van der Waals surface area contributed by atoms with Crippen LogP contribution >= 0.6 is 11.8 Å². The summed E-state index contributed by atoms with van der Waals surface area (Å²) in [5, 5.41) is 9.33. The number of carbonyl (C=O) groups excluding carboxylic acids is 1. The highest BCUT2D eigenvalue weighted by Crippen LogP contribution is 2.33. The van der Waals surface area contributed by atoms with Crippen LogP contribution in [-0.2, 0) is 14.3 Å². The third-order valence-corrected chi connectivity index (χ3v) is 6.72. The summed E-state index contributed by atoms with van der Waals surface area (Å²) in [4.78, 5) is 26.9. The number of piperidine rings is 1. The van der Waals surface area contributed by atoms with Gasteiger partial charge in [0.15, 0.2) is 0 Å². The molecule has 1 amide bonds. The summed E-state index contributed by atoms with van der Waals surface area (Å²) < 4.78 is 5.71. The molecule has 1 unspecified atom stereocenters. The number of hydrogen-bond donors (Lipinski definition) is 1. The monoisotopic (exact) mass is 391 g/mol. The average molecular weight is 392 g/mol. The van der Waals surface area contributed by atoms with Gasteiger partial charge < -0.3 is 14.7 Å². The maximum Gasteiger partial charge on any atom is 0.309 e. The predicted molar refractivity (Wildman–Crippen MR) is 106 cm³/mol. The number of benzene rings is 1. The molecular formula is C21H29NO4S. The second kappa shape index (κ2) is 9.11. The largest absolute Gasteiger partial charge is 0.481 e. The van der Waals surface area contributed by atoms with Crippen LogP contribution in [-0.4, -0.2) is 53.4 Å². The summed E-state index contributed by atoms with van der Waals surface area (Å²) in [5.74, 6) is 0.222. The Kier molecular flexibility index (Phi) is 6.82. The SMILES string of the molecule is CC(C)c1ccc(SCC(=O)N2CCC([C@@H]3OCCC3C(=O)O)CC2)cc1. The molecule has 27 heavy (non-hydrogen) atoms. The van der Waals surface area contributed by atoms with Gasteiger partial charge in [0.05, 0.1) is 17.8 Å². The van der Waals surface area contributed by atoms with E-state index in [1.54, 1.807) is 11.8 Å². The van der Waals surface area contributed by atoms with Gasteiger partial charge in [0.25, 0.3) is 0 Å². The van der Waals surface area contributed by atoms with E-state index in [2.05, 4.69) is 38.1 Å². The summed E-state index contributed by atoms with van der Waals surface area (Å²) in [6.45, 7) is 6.27. The number of carbonyl (C=O) groups is 2. The molecule has 1 aromatic rings. The van der Waals surface area contributed by atoms with Crippen LogP contribution in [0.2, 0.25) is 0 Å². The minimum Gasteiger partial charge on any atom is -0.481 e. The van der Waals surface area contributed by atoms with Gasteiger partial charge in [-0.25, -0.2) is 0 Å². The fourth-order valence-electron chi connectivity index (χ4n) is 4.00. The first-order valence-corrected chi connectivity index (χ1v) is 10.8. The van der Waals surface area contributed by atoms with Crippen molar-refractivity contribution in [3.05, 3.63) is 29.8 Å². The third kappa shape index (κ3) is 5.05. The van der Waals surface area contributed by atoms with E-state index < -0.39 is 5.97 Å². The number of nitrogens with zero attached hydrogens (tertiary/aromatic N) is 1. The van der Waals surface area contributed by atoms with Gasteiger partial charge in [-0.3, -0.25) is 9.59 Å². The molecule has 148 valence electrons. The van der Waals surface area contributed by atoms with E-state index in [1.807, 2.05) is 4.90 Å². The Morgan fingerprint density at radius 1 is 1.19 bits per heavy atom. The van der Waals surface area contributed by atoms with E-state index in [0.717, 1.165) is 17.7 Å². The Morgan fingerprint density at radius 3 is 2.44 bits per heavy atom. The number of hydrogen-bond acceptors (Lipinski definition) is 4. The van der Waals surface area contributed by atoms with Crippen molar-refractivity contribution in [1.82, 2.24) is 4.90 Å². The highest BCUT2D eigenvalue weighted by molar-refractivity contribution is 8.00. The quantitative estimate of drug-likeness (QED) is 0.750. The molecule has 2 atom stereocenters. The average Bonchev–Trinajstić information content (AvgIpc) is 3.17. The zero-order valence-electron chi connectivity index (χ0n) is 16.1. The van der Waals surface area contributed by atoms with Gasteiger partial charge in [-0.2, -0.15) is 0 Å². The van der Waals surface area contributed by atoms with Gasteiger partial charge in [-0.1, -0.05) is 26.0 Å². The number of rotatable bonds is 6. The Bertz CT molecular complexity index is 653. The van der Waals surface area contributed by atoms with Crippen LogP contribution in [0.5, 0.6) is 0 Å². The van der Waals surface area contributed by atoms with Crippen molar-refractivity contribution in [2.24, 2.45) is 11.8 Å². The normalized spacial score (nSPS) is 23.7. The van der Waals surface area contributed by atoms with Crippen molar-refractivity contribution in [2.45, 2.75) is 50.0 Å². The Hall–Kier alpha value is -1.53. The lowest BCUT2D eigenvalue weighted by Gasteiger charge is -2.35. The maximum absolute atomic E-state index is 12.5. The van der Waals surface area contributed by atoms with Gasteiger partial charge in [0.1, 0.15) is 0 Å². The van der Waals surface area contributed by atoms with E-state index in [4.69, 9.17) is 4.74 Å². The minimum atomic E-state index is -0.754. The highest BCUT2D eigenvalue weighted by Gasteiger charge is 2.40. The second-order valence-electron chi connectivity index (χ2n) is 7.80. The molecule has 2 heterocycles. The summed E-state index contributed by atoms with van der Waals surface area (Å²) in [6, 6.07) is 8.43. The smallest absolute Gasteiger partial charge is 0.309 e. The first-order valence-electron chi connectivity index (χ1n) is 9.80. The summed E-state index contributed by atoms with van der Waals surface area (Å²) in [5.41, 5.74) is 1.31. The van der Waals surface area contributed by atoms with E-state index in [-0.39, 0.29) is 23.8 Å².